The number of halogens is 1. The first-order chi connectivity index (χ1) is 16.6. The largest absolute Gasteiger partial charge is 0.360 e. The Kier molecular flexibility index (Phi) is 4.85. The Labute approximate surface area is 198 Å². The lowest BCUT2D eigenvalue weighted by atomic mass is 10.0. The molecule has 1 N–H and O–H groups in total. The van der Waals surface area contributed by atoms with Crippen LogP contribution in [0.4, 0.5) is 4.39 Å². The van der Waals surface area contributed by atoms with Crippen molar-refractivity contribution in [2.75, 3.05) is 0 Å². The van der Waals surface area contributed by atoms with Gasteiger partial charge in [0.05, 0.1) is 23.1 Å². The number of carbonyl (C=O) groups excluding carboxylic acids is 1. The van der Waals surface area contributed by atoms with Gasteiger partial charge in [-0.15, -0.1) is 11.3 Å². The van der Waals surface area contributed by atoms with Gasteiger partial charge in [0, 0.05) is 33.7 Å². The van der Waals surface area contributed by atoms with E-state index in [0.717, 1.165) is 43.8 Å². The number of benzene rings is 2. The van der Waals surface area contributed by atoms with Crippen molar-refractivity contribution in [2.45, 2.75) is 13.5 Å². The quantitative estimate of drug-likeness (QED) is 0.300. The lowest BCUT2D eigenvalue weighted by Crippen LogP contribution is -2.00. The highest BCUT2D eigenvalue weighted by Gasteiger charge is 2.17. The highest BCUT2D eigenvalue weighted by atomic mass is 32.1. The summed E-state index contributed by atoms with van der Waals surface area (Å²) in [5.74, 6) is 0.646. The number of hydrogen-bond acceptors (Lipinski definition) is 4. The molecule has 0 bridgehead atoms. The number of aromatic nitrogens is 4. The third kappa shape index (κ3) is 3.50. The Bertz CT molecular complexity index is 1680. The van der Waals surface area contributed by atoms with Crippen molar-refractivity contribution in [1.82, 2.24) is 19.5 Å². The third-order valence-corrected chi connectivity index (χ3v) is 7.11. The average Bonchev–Trinajstić information content (AvgIpc) is 3.57. The molecule has 0 spiro atoms. The molecular formula is C27H19FN4OS. The summed E-state index contributed by atoms with van der Waals surface area (Å²) in [7, 11) is 0. The summed E-state index contributed by atoms with van der Waals surface area (Å²) in [6.45, 7) is 2.63. The average molecular weight is 467 g/mol. The predicted octanol–water partition coefficient (Wildman–Crippen LogP) is 6.37. The lowest BCUT2D eigenvalue weighted by Gasteiger charge is -2.04. The summed E-state index contributed by atoms with van der Waals surface area (Å²) < 4.78 is 15.4. The van der Waals surface area contributed by atoms with Gasteiger partial charge in [-0.25, -0.2) is 9.37 Å². The van der Waals surface area contributed by atoms with Crippen LogP contribution < -0.4 is 0 Å². The summed E-state index contributed by atoms with van der Waals surface area (Å²) in [5, 5.41) is 0.870. The standard InChI is InChI=1S/C27H19FN4OS/c1-16-31-24-14-29-11-10-25(24)32(16)15-20-7-9-26(34-20)27(33)22-13-30-23-12-18(4-8-21(22)23)17-2-5-19(28)6-3-17/h2-14,30H,15H2,1H3. The molecule has 34 heavy (non-hydrogen) atoms. The van der Waals surface area contributed by atoms with E-state index in [4.69, 9.17) is 0 Å². The number of ketones is 1. The van der Waals surface area contributed by atoms with E-state index < -0.39 is 0 Å². The zero-order chi connectivity index (χ0) is 23.2. The van der Waals surface area contributed by atoms with Gasteiger partial charge >= 0.3 is 0 Å². The number of rotatable bonds is 5. The molecule has 0 radical (unpaired) electrons. The fraction of sp³-hybridized carbons (Fsp3) is 0.0741. The summed E-state index contributed by atoms with van der Waals surface area (Å²) in [5.41, 5.74) is 5.30. The second-order valence-electron chi connectivity index (χ2n) is 8.17. The maximum absolute atomic E-state index is 13.3. The van der Waals surface area contributed by atoms with Crippen LogP contribution in [0.3, 0.4) is 0 Å². The molecule has 0 amide bonds. The van der Waals surface area contributed by atoms with Gasteiger partial charge in [-0.1, -0.05) is 24.3 Å². The molecule has 0 fully saturated rings. The van der Waals surface area contributed by atoms with Crippen molar-refractivity contribution in [3.8, 4) is 11.1 Å². The number of aromatic amines is 1. The monoisotopic (exact) mass is 466 g/mol. The van der Waals surface area contributed by atoms with Gasteiger partial charge in [0.25, 0.3) is 0 Å². The number of pyridine rings is 1. The summed E-state index contributed by atoms with van der Waals surface area (Å²) in [6, 6.07) is 18.1. The van der Waals surface area contributed by atoms with Crippen molar-refractivity contribution < 1.29 is 9.18 Å². The number of imidazole rings is 1. The van der Waals surface area contributed by atoms with Crippen molar-refractivity contribution >= 4 is 39.1 Å². The molecule has 0 saturated carbocycles. The molecule has 166 valence electrons. The zero-order valence-corrected chi connectivity index (χ0v) is 19.1. The maximum Gasteiger partial charge on any atom is 0.205 e. The third-order valence-electron chi connectivity index (χ3n) is 6.04. The highest BCUT2D eigenvalue weighted by Crippen LogP contribution is 2.29. The molecule has 0 aliphatic carbocycles. The minimum absolute atomic E-state index is 0.00607. The predicted molar refractivity (Wildman–Crippen MR) is 133 cm³/mol. The van der Waals surface area contributed by atoms with Gasteiger partial charge in [0.2, 0.25) is 5.78 Å². The number of aryl methyl sites for hydroxylation is 1. The van der Waals surface area contributed by atoms with Crippen LogP contribution in [0.25, 0.3) is 33.1 Å². The fourth-order valence-corrected chi connectivity index (χ4v) is 5.26. The number of fused-ring (bicyclic) bond motifs is 2. The van der Waals surface area contributed by atoms with Crippen molar-refractivity contribution in [2.24, 2.45) is 0 Å². The number of carbonyl (C=O) groups is 1. The fourth-order valence-electron chi connectivity index (χ4n) is 4.31. The van der Waals surface area contributed by atoms with Crippen LogP contribution in [-0.2, 0) is 6.54 Å². The lowest BCUT2D eigenvalue weighted by molar-refractivity contribution is 0.104. The molecule has 4 heterocycles. The smallest absolute Gasteiger partial charge is 0.205 e. The zero-order valence-electron chi connectivity index (χ0n) is 18.2. The number of thiophene rings is 1. The first-order valence-electron chi connectivity index (χ1n) is 10.8. The van der Waals surface area contributed by atoms with Crippen molar-refractivity contribution in [3.05, 3.63) is 106 Å². The molecule has 5 nitrogen and oxygen atoms in total. The number of H-pyrrole nitrogens is 1. The second-order valence-corrected chi connectivity index (χ2v) is 9.34. The van der Waals surface area contributed by atoms with Gasteiger partial charge < -0.3 is 9.55 Å². The van der Waals surface area contributed by atoms with Crippen LogP contribution >= 0.6 is 11.3 Å². The summed E-state index contributed by atoms with van der Waals surface area (Å²) in [6.07, 6.45) is 5.30. The molecular weight excluding hydrogens is 447 g/mol. The van der Waals surface area contributed by atoms with E-state index in [1.807, 2.05) is 43.3 Å². The van der Waals surface area contributed by atoms with E-state index in [0.29, 0.717) is 17.0 Å². The van der Waals surface area contributed by atoms with Crippen molar-refractivity contribution in [1.29, 1.82) is 0 Å². The molecule has 6 aromatic rings. The van der Waals surface area contributed by atoms with E-state index >= 15 is 0 Å². The minimum Gasteiger partial charge on any atom is -0.360 e. The van der Waals surface area contributed by atoms with E-state index in [1.165, 1.54) is 23.5 Å². The molecule has 0 aliphatic rings. The van der Waals surface area contributed by atoms with Crippen LogP contribution in [-0.4, -0.2) is 25.3 Å². The Balaban J connectivity index is 1.28. The van der Waals surface area contributed by atoms with Gasteiger partial charge in [-0.2, -0.15) is 0 Å². The van der Waals surface area contributed by atoms with Gasteiger partial charge in [0.15, 0.2) is 0 Å². The molecule has 0 atom stereocenters. The molecule has 2 aromatic carbocycles. The second kappa shape index (κ2) is 8.04. The maximum atomic E-state index is 13.3. The molecule has 0 unspecified atom stereocenters. The number of nitrogens with zero attached hydrogens (tertiary/aromatic N) is 3. The Morgan fingerprint density at radius 1 is 1.06 bits per heavy atom. The highest BCUT2D eigenvalue weighted by molar-refractivity contribution is 7.14. The normalized spacial score (nSPS) is 11.5. The first-order valence-corrected chi connectivity index (χ1v) is 11.7. The molecule has 6 rings (SSSR count). The first kappa shape index (κ1) is 20.5. The SMILES string of the molecule is Cc1nc2cnccc2n1Cc1ccc(C(=O)c2c[nH]c3cc(-c4ccc(F)cc4)ccc23)s1. The molecule has 7 heteroatoms. The Hall–Kier alpha value is -4.10. The van der Waals surface area contributed by atoms with Gasteiger partial charge in [-0.3, -0.25) is 9.78 Å². The summed E-state index contributed by atoms with van der Waals surface area (Å²) >= 11 is 1.50. The van der Waals surface area contributed by atoms with E-state index in [2.05, 4.69) is 19.5 Å². The van der Waals surface area contributed by atoms with Crippen LogP contribution in [0.1, 0.15) is 25.9 Å². The van der Waals surface area contributed by atoms with Gasteiger partial charge in [-0.05, 0) is 54.4 Å². The molecule has 0 aliphatic heterocycles. The summed E-state index contributed by atoms with van der Waals surface area (Å²) in [4.78, 5) is 27.1. The van der Waals surface area contributed by atoms with Crippen LogP contribution in [0, 0.1) is 12.7 Å². The molecule has 4 aromatic heterocycles. The van der Waals surface area contributed by atoms with E-state index in [-0.39, 0.29) is 11.6 Å². The van der Waals surface area contributed by atoms with Crippen LogP contribution in [0.2, 0.25) is 0 Å². The van der Waals surface area contributed by atoms with Gasteiger partial charge in [0.1, 0.15) is 17.2 Å². The minimum atomic E-state index is -0.263. The Morgan fingerprint density at radius 2 is 1.88 bits per heavy atom. The topological polar surface area (TPSA) is 63.6 Å². The van der Waals surface area contributed by atoms with E-state index in [1.54, 1.807) is 30.7 Å². The molecule has 0 saturated heterocycles. The number of nitrogens with one attached hydrogen (secondary N) is 1. The van der Waals surface area contributed by atoms with Crippen molar-refractivity contribution in [3.63, 3.8) is 0 Å². The van der Waals surface area contributed by atoms with E-state index in [9.17, 15) is 9.18 Å². The number of hydrogen-bond donors (Lipinski definition) is 1. The Morgan fingerprint density at radius 3 is 2.74 bits per heavy atom. The van der Waals surface area contributed by atoms with Crippen LogP contribution in [0.15, 0.2) is 79.3 Å². The van der Waals surface area contributed by atoms with Crippen LogP contribution in [0.5, 0.6) is 0 Å².